The highest BCUT2D eigenvalue weighted by Crippen LogP contribution is 2.31. The predicted molar refractivity (Wildman–Crippen MR) is 132 cm³/mol. The number of methoxy groups -OCH3 is 1. The summed E-state index contributed by atoms with van der Waals surface area (Å²) in [6.45, 7) is 2.26. The molecule has 1 aliphatic carbocycles. The first-order valence-electron chi connectivity index (χ1n) is 12.1. The number of piperazine rings is 1. The van der Waals surface area contributed by atoms with Gasteiger partial charge in [0.25, 0.3) is 0 Å². The van der Waals surface area contributed by atoms with Gasteiger partial charge in [0, 0.05) is 39.7 Å². The van der Waals surface area contributed by atoms with Crippen molar-refractivity contribution in [1.82, 2.24) is 14.9 Å². The summed E-state index contributed by atoms with van der Waals surface area (Å²) in [7, 11) is 1.50. The van der Waals surface area contributed by atoms with Crippen molar-refractivity contribution in [2.45, 2.75) is 37.4 Å². The third-order valence-corrected chi connectivity index (χ3v) is 6.72. The van der Waals surface area contributed by atoms with Crippen LogP contribution in [-0.4, -0.2) is 88.9 Å². The zero-order valence-corrected chi connectivity index (χ0v) is 20.1. The number of rotatable bonds is 6. The number of carbonyl (C=O) groups excluding carboxylic acids is 1. The highest BCUT2D eigenvalue weighted by atomic mass is 16.6. The minimum Gasteiger partial charge on any atom is -0.471 e. The van der Waals surface area contributed by atoms with Crippen LogP contribution in [0.5, 0.6) is 5.88 Å². The van der Waals surface area contributed by atoms with Gasteiger partial charge in [0.1, 0.15) is 24.9 Å². The number of amides is 1. The van der Waals surface area contributed by atoms with E-state index in [0.717, 1.165) is 5.56 Å². The molecule has 2 aliphatic rings. The highest BCUT2D eigenvalue weighted by Gasteiger charge is 2.43. The van der Waals surface area contributed by atoms with Crippen LogP contribution in [0.1, 0.15) is 12.0 Å². The van der Waals surface area contributed by atoms with E-state index in [4.69, 9.17) is 19.2 Å². The second kappa shape index (κ2) is 10.7. The van der Waals surface area contributed by atoms with E-state index in [2.05, 4.69) is 4.98 Å². The van der Waals surface area contributed by atoms with Gasteiger partial charge in [-0.25, -0.2) is 9.78 Å². The van der Waals surface area contributed by atoms with Crippen molar-refractivity contribution in [3.05, 3.63) is 60.2 Å². The van der Waals surface area contributed by atoms with Crippen LogP contribution in [-0.2, 0) is 16.1 Å². The van der Waals surface area contributed by atoms with E-state index in [1.54, 1.807) is 4.90 Å². The molecular formula is C26H30N4O6. The number of ether oxygens (including phenoxy) is 3. The first kappa shape index (κ1) is 24.2. The van der Waals surface area contributed by atoms with Crippen molar-refractivity contribution in [2.75, 3.05) is 38.2 Å². The maximum atomic E-state index is 12.5. The van der Waals surface area contributed by atoms with Crippen molar-refractivity contribution in [1.29, 1.82) is 0 Å². The number of aromatic nitrogens is 2. The van der Waals surface area contributed by atoms with Gasteiger partial charge in [-0.2, -0.15) is 4.98 Å². The van der Waals surface area contributed by atoms with Gasteiger partial charge in [-0.1, -0.05) is 42.5 Å². The Morgan fingerprint density at radius 2 is 1.64 bits per heavy atom. The number of hydrogen-bond donors (Lipinski definition) is 2. The van der Waals surface area contributed by atoms with Gasteiger partial charge >= 0.3 is 6.09 Å². The normalized spacial score (nSPS) is 24.2. The van der Waals surface area contributed by atoms with Crippen LogP contribution in [0.4, 0.5) is 10.7 Å². The molecule has 2 N–H and O–H groups in total. The fraction of sp³-hybridized carbons (Fsp3) is 0.423. The minimum absolute atomic E-state index is 0.236. The van der Waals surface area contributed by atoms with E-state index >= 15 is 0 Å². The Bertz CT molecular complexity index is 1190. The van der Waals surface area contributed by atoms with Crippen molar-refractivity contribution in [2.24, 2.45) is 0 Å². The average molecular weight is 495 g/mol. The standard InChI is InChI=1S/C26H30N4O6/c1-34-20-15-21(23(32)22(20)31)36-24-18-9-5-6-10-19(18)27-25(28-24)29-11-13-30(14-12-29)26(33)35-16-17-7-3-2-4-8-17/h2-10,20-23,31-32H,11-16H2,1H3/t20-,21+,22+,23-/m1/s1. The Morgan fingerprint density at radius 3 is 2.36 bits per heavy atom. The van der Waals surface area contributed by atoms with E-state index in [1.165, 1.54) is 7.11 Å². The van der Waals surface area contributed by atoms with Crippen LogP contribution in [0.3, 0.4) is 0 Å². The van der Waals surface area contributed by atoms with E-state index in [1.807, 2.05) is 59.5 Å². The van der Waals surface area contributed by atoms with Crippen molar-refractivity contribution in [3.8, 4) is 5.88 Å². The molecule has 1 aliphatic heterocycles. The number of benzene rings is 2. The number of aliphatic hydroxyl groups excluding tert-OH is 2. The molecule has 1 saturated carbocycles. The molecule has 0 radical (unpaired) electrons. The molecule has 0 unspecified atom stereocenters. The summed E-state index contributed by atoms with van der Waals surface area (Å²) in [6, 6.07) is 17.1. The van der Waals surface area contributed by atoms with Crippen molar-refractivity contribution >= 4 is 22.9 Å². The zero-order chi connectivity index (χ0) is 25.1. The summed E-state index contributed by atoms with van der Waals surface area (Å²) >= 11 is 0. The molecule has 1 amide bonds. The molecule has 0 bridgehead atoms. The van der Waals surface area contributed by atoms with Gasteiger partial charge < -0.3 is 34.2 Å². The van der Waals surface area contributed by atoms with Crippen molar-refractivity contribution < 1.29 is 29.2 Å². The lowest BCUT2D eigenvalue weighted by atomic mass is 10.2. The van der Waals surface area contributed by atoms with Gasteiger partial charge in [-0.15, -0.1) is 0 Å². The topological polar surface area (TPSA) is 117 Å². The Hall–Kier alpha value is -3.47. The molecule has 2 fully saturated rings. The number of aliphatic hydroxyl groups is 2. The van der Waals surface area contributed by atoms with Crippen molar-refractivity contribution in [3.63, 3.8) is 0 Å². The first-order valence-corrected chi connectivity index (χ1v) is 12.1. The summed E-state index contributed by atoms with van der Waals surface area (Å²) in [5.74, 6) is 0.825. The largest absolute Gasteiger partial charge is 0.471 e. The summed E-state index contributed by atoms with van der Waals surface area (Å²) in [5.41, 5.74) is 1.65. The number of anilines is 1. The molecule has 1 aromatic heterocycles. The fourth-order valence-electron chi connectivity index (χ4n) is 4.61. The molecule has 10 heteroatoms. The molecule has 0 spiro atoms. The summed E-state index contributed by atoms with van der Waals surface area (Å²) in [6.07, 6.45) is -3.28. The van der Waals surface area contributed by atoms with E-state index < -0.39 is 24.4 Å². The summed E-state index contributed by atoms with van der Waals surface area (Å²) in [5, 5.41) is 21.4. The predicted octanol–water partition coefficient (Wildman–Crippen LogP) is 1.98. The monoisotopic (exact) mass is 494 g/mol. The third-order valence-electron chi connectivity index (χ3n) is 6.72. The lowest BCUT2D eigenvalue weighted by Gasteiger charge is -2.34. The van der Waals surface area contributed by atoms with Crippen LogP contribution >= 0.6 is 0 Å². The second-order valence-corrected chi connectivity index (χ2v) is 9.01. The van der Waals surface area contributed by atoms with Crippen LogP contribution in [0.15, 0.2) is 54.6 Å². The minimum atomic E-state index is -1.09. The lowest BCUT2D eigenvalue weighted by molar-refractivity contribution is -0.0483. The second-order valence-electron chi connectivity index (χ2n) is 9.01. The number of hydrogen-bond acceptors (Lipinski definition) is 9. The number of para-hydroxylation sites is 1. The fourth-order valence-corrected chi connectivity index (χ4v) is 4.61. The van der Waals surface area contributed by atoms with Crippen LogP contribution in [0.2, 0.25) is 0 Å². The summed E-state index contributed by atoms with van der Waals surface area (Å²) in [4.78, 5) is 25.6. The maximum absolute atomic E-state index is 12.5. The van der Waals surface area contributed by atoms with E-state index in [9.17, 15) is 15.0 Å². The molecule has 5 rings (SSSR count). The maximum Gasteiger partial charge on any atom is 0.410 e. The molecule has 190 valence electrons. The number of fused-ring (bicyclic) bond motifs is 1. The summed E-state index contributed by atoms with van der Waals surface area (Å²) < 4.78 is 16.8. The number of nitrogens with zero attached hydrogens (tertiary/aromatic N) is 4. The molecule has 3 aromatic rings. The quantitative estimate of drug-likeness (QED) is 0.530. The molecular weight excluding hydrogens is 464 g/mol. The molecule has 2 heterocycles. The van der Waals surface area contributed by atoms with Crippen LogP contribution in [0, 0.1) is 0 Å². The Morgan fingerprint density at radius 1 is 0.944 bits per heavy atom. The van der Waals surface area contributed by atoms with E-state index in [0.29, 0.717) is 55.3 Å². The zero-order valence-electron chi connectivity index (χ0n) is 20.1. The van der Waals surface area contributed by atoms with Gasteiger partial charge in [-0.05, 0) is 17.7 Å². The van der Waals surface area contributed by atoms with Gasteiger partial charge in [-0.3, -0.25) is 0 Å². The Kier molecular flexibility index (Phi) is 7.17. The molecule has 2 aromatic carbocycles. The Labute approximate surface area is 209 Å². The first-order chi connectivity index (χ1) is 17.5. The smallest absolute Gasteiger partial charge is 0.410 e. The number of carbonyl (C=O) groups is 1. The third kappa shape index (κ3) is 5.06. The van der Waals surface area contributed by atoms with E-state index in [-0.39, 0.29) is 12.7 Å². The molecule has 36 heavy (non-hydrogen) atoms. The highest BCUT2D eigenvalue weighted by molar-refractivity contribution is 5.84. The Balaban J connectivity index is 1.27. The molecule has 10 nitrogen and oxygen atoms in total. The SMILES string of the molecule is CO[C@@H]1C[C@H](Oc2nc(N3CCN(C(=O)OCc4ccccc4)CC3)nc3ccccc23)[C@@H](O)[C@H]1O. The van der Waals surface area contributed by atoms with Gasteiger partial charge in [0.05, 0.1) is 17.0 Å². The lowest BCUT2D eigenvalue weighted by Crippen LogP contribution is -2.49. The van der Waals surface area contributed by atoms with Gasteiger partial charge in [0.15, 0.2) is 0 Å². The average Bonchev–Trinajstić information content (AvgIpc) is 3.20. The van der Waals surface area contributed by atoms with Crippen LogP contribution < -0.4 is 9.64 Å². The molecule has 1 saturated heterocycles. The molecule has 4 atom stereocenters. The van der Waals surface area contributed by atoms with Gasteiger partial charge in [0.2, 0.25) is 11.8 Å². The van der Waals surface area contributed by atoms with Crippen LogP contribution in [0.25, 0.3) is 10.9 Å².